The van der Waals surface area contributed by atoms with Crippen molar-refractivity contribution in [2.45, 2.75) is 0 Å². The first-order valence-corrected chi connectivity index (χ1v) is 3.78. The minimum atomic E-state index is 0.0342. The largest absolute Gasteiger partial charge is 0.510 e. The van der Waals surface area contributed by atoms with Crippen LogP contribution in [0.3, 0.4) is 0 Å². The van der Waals surface area contributed by atoms with Gasteiger partial charge >= 0.3 is 0 Å². The predicted octanol–water partition coefficient (Wildman–Crippen LogP) is 0.738. The molecule has 0 aliphatic rings. The van der Waals surface area contributed by atoms with E-state index >= 15 is 0 Å². The van der Waals surface area contributed by atoms with E-state index in [1.165, 1.54) is 0 Å². The van der Waals surface area contributed by atoms with E-state index in [9.17, 15) is 0 Å². The van der Waals surface area contributed by atoms with Crippen LogP contribution in [0.5, 0.6) is 0 Å². The molecule has 0 saturated heterocycles. The summed E-state index contributed by atoms with van der Waals surface area (Å²) in [6.45, 7) is 5.58. The summed E-state index contributed by atoms with van der Waals surface area (Å²) in [5, 5.41) is 8.61. The van der Waals surface area contributed by atoms with Crippen molar-refractivity contribution in [1.29, 1.82) is 0 Å². The van der Waals surface area contributed by atoms with E-state index in [0.29, 0.717) is 26.4 Å². The molecule has 0 fully saturated rings. The Labute approximate surface area is 72.7 Å². The van der Waals surface area contributed by atoms with Crippen molar-refractivity contribution < 1.29 is 19.3 Å². The summed E-state index contributed by atoms with van der Waals surface area (Å²) in [4.78, 5) is 0. The normalized spacial score (nSPS) is 10.1. The lowest BCUT2D eigenvalue weighted by atomic mass is 10.6. The van der Waals surface area contributed by atoms with Gasteiger partial charge in [-0.2, -0.15) is 0 Å². The highest BCUT2D eigenvalue weighted by molar-refractivity contribution is 4.77. The fourth-order valence-corrected chi connectivity index (χ4v) is 0.552. The van der Waals surface area contributed by atoms with E-state index in [2.05, 4.69) is 6.58 Å². The fourth-order valence-electron chi connectivity index (χ4n) is 0.552. The first kappa shape index (κ1) is 11.4. The Hall–Kier alpha value is -0.580. The molecule has 0 heterocycles. The molecular weight excluding hydrogens is 160 g/mol. The standard InChI is InChI=1S/C8H16O4/c1-8(9)7-12-6-5-11-4-3-10-2/h9H,1,3-7H2,2H3. The minimum absolute atomic E-state index is 0.0342. The van der Waals surface area contributed by atoms with Crippen molar-refractivity contribution in [3.63, 3.8) is 0 Å². The highest BCUT2D eigenvalue weighted by atomic mass is 16.5. The molecule has 12 heavy (non-hydrogen) atoms. The van der Waals surface area contributed by atoms with Crippen molar-refractivity contribution in [2.24, 2.45) is 0 Å². The summed E-state index contributed by atoms with van der Waals surface area (Å²) in [6, 6.07) is 0. The lowest BCUT2D eigenvalue weighted by Crippen LogP contribution is -2.09. The molecule has 0 aromatic carbocycles. The summed E-state index contributed by atoms with van der Waals surface area (Å²) in [5.41, 5.74) is 0. The zero-order valence-electron chi connectivity index (χ0n) is 7.41. The molecule has 0 spiro atoms. The Bertz CT molecular complexity index is 114. The summed E-state index contributed by atoms with van der Waals surface area (Å²) in [6.07, 6.45) is 0. The molecule has 0 radical (unpaired) electrons. The van der Waals surface area contributed by atoms with Gasteiger partial charge in [0, 0.05) is 7.11 Å². The SMILES string of the molecule is C=C(O)COCCOCCOC. The van der Waals surface area contributed by atoms with Crippen LogP contribution in [-0.4, -0.2) is 45.3 Å². The van der Waals surface area contributed by atoms with Crippen molar-refractivity contribution in [3.05, 3.63) is 12.3 Å². The Morgan fingerprint density at radius 1 is 1.17 bits per heavy atom. The van der Waals surface area contributed by atoms with Gasteiger partial charge in [0.1, 0.15) is 12.4 Å². The van der Waals surface area contributed by atoms with Crippen LogP contribution in [0.15, 0.2) is 12.3 Å². The van der Waals surface area contributed by atoms with Crippen molar-refractivity contribution >= 4 is 0 Å². The number of rotatable bonds is 8. The zero-order valence-corrected chi connectivity index (χ0v) is 7.41. The van der Waals surface area contributed by atoms with Gasteiger partial charge < -0.3 is 19.3 Å². The monoisotopic (exact) mass is 176 g/mol. The maximum Gasteiger partial charge on any atom is 0.111 e. The van der Waals surface area contributed by atoms with E-state index < -0.39 is 0 Å². The highest BCUT2D eigenvalue weighted by Gasteiger charge is 1.90. The third kappa shape index (κ3) is 9.42. The van der Waals surface area contributed by atoms with E-state index in [1.54, 1.807) is 7.11 Å². The van der Waals surface area contributed by atoms with Crippen molar-refractivity contribution in [2.75, 3.05) is 40.1 Å². The second-order valence-electron chi connectivity index (χ2n) is 2.22. The maximum atomic E-state index is 8.61. The second-order valence-corrected chi connectivity index (χ2v) is 2.22. The first-order chi connectivity index (χ1) is 5.77. The molecule has 0 aliphatic heterocycles. The Balaban J connectivity index is 2.86. The molecule has 0 amide bonds. The van der Waals surface area contributed by atoms with Crippen molar-refractivity contribution in [3.8, 4) is 0 Å². The minimum Gasteiger partial charge on any atom is -0.510 e. The topological polar surface area (TPSA) is 47.9 Å². The number of hydrogen-bond acceptors (Lipinski definition) is 4. The molecule has 0 bridgehead atoms. The summed E-state index contributed by atoms with van der Waals surface area (Å²) in [5.74, 6) is 0.0342. The molecular formula is C8H16O4. The lowest BCUT2D eigenvalue weighted by Gasteiger charge is -2.04. The summed E-state index contributed by atoms with van der Waals surface area (Å²) in [7, 11) is 1.62. The third-order valence-electron chi connectivity index (χ3n) is 1.07. The van der Waals surface area contributed by atoms with Crippen LogP contribution in [0.4, 0.5) is 0 Å². The highest BCUT2D eigenvalue weighted by Crippen LogP contribution is 1.84. The molecule has 0 atom stereocenters. The smallest absolute Gasteiger partial charge is 0.111 e. The quantitative estimate of drug-likeness (QED) is 0.437. The molecule has 0 saturated carbocycles. The van der Waals surface area contributed by atoms with Gasteiger partial charge in [-0.15, -0.1) is 0 Å². The molecule has 0 aromatic heterocycles. The maximum absolute atomic E-state index is 8.61. The van der Waals surface area contributed by atoms with Gasteiger partial charge in [0.15, 0.2) is 0 Å². The molecule has 72 valence electrons. The average Bonchev–Trinajstić information content (AvgIpc) is 2.02. The summed E-state index contributed by atoms with van der Waals surface area (Å²) < 4.78 is 14.8. The number of aliphatic hydroxyl groups is 1. The lowest BCUT2D eigenvalue weighted by molar-refractivity contribution is 0.0252. The summed E-state index contributed by atoms with van der Waals surface area (Å²) >= 11 is 0. The van der Waals surface area contributed by atoms with Gasteiger partial charge in [0.2, 0.25) is 0 Å². The molecule has 0 unspecified atom stereocenters. The van der Waals surface area contributed by atoms with Crippen LogP contribution < -0.4 is 0 Å². The second kappa shape index (κ2) is 8.52. The molecule has 0 aromatic rings. The van der Waals surface area contributed by atoms with Crippen LogP contribution in [0.1, 0.15) is 0 Å². The number of ether oxygens (including phenoxy) is 3. The number of hydrogen-bond donors (Lipinski definition) is 1. The molecule has 0 rings (SSSR count). The van der Waals surface area contributed by atoms with E-state index in [0.717, 1.165) is 0 Å². The van der Waals surface area contributed by atoms with Crippen molar-refractivity contribution in [1.82, 2.24) is 0 Å². The molecule has 4 heteroatoms. The van der Waals surface area contributed by atoms with Crippen LogP contribution in [0.25, 0.3) is 0 Å². The number of aliphatic hydroxyl groups excluding tert-OH is 1. The average molecular weight is 176 g/mol. The van der Waals surface area contributed by atoms with Crippen LogP contribution >= 0.6 is 0 Å². The van der Waals surface area contributed by atoms with Gasteiger partial charge in [-0.25, -0.2) is 0 Å². The molecule has 1 N–H and O–H groups in total. The van der Waals surface area contributed by atoms with Gasteiger partial charge in [-0.3, -0.25) is 0 Å². The zero-order chi connectivity index (χ0) is 9.23. The van der Waals surface area contributed by atoms with E-state index in [-0.39, 0.29) is 12.4 Å². The molecule has 0 aliphatic carbocycles. The van der Waals surface area contributed by atoms with E-state index in [1.807, 2.05) is 0 Å². The third-order valence-corrected chi connectivity index (χ3v) is 1.07. The van der Waals surface area contributed by atoms with Crippen LogP contribution in [0, 0.1) is 0 Å². The van der Waals surface area contributed by atoms with Crippen LogP contribution in [0.2, 0.25) is 0 Å². The number of methoxy groups -OCH3 is 1. The molecule has 4 nitrogen and oxygen atoms in total. The predicted molar refractivity (Wildman–Crippen MR) is 45.3 cm³/mol. The van der Waals surface area contributed by atoms with Gasteiger partial charge in [0.05, 0.1) is 26.4 Å². The van der Waals surface area contributed by atoms with Gasteiger partial charge in [-0.05, 0) is 0 Å². The van der Waals surface area contributed by atoms with E-state index in [4.69, 9.17) is 19.3 Å². The Morgan fingerprint density at radius 3 is 2.33 bits per heavy atom. The van der Waals surface area contributed by atoms with Crippen LogP contribution in [-0.2, 0) is 14.2 Å². The van der Waals surface area contributed by atoms with Gasteiger partial charge in [0.25, 0.3) is 0 Å². The Morgan fingerprint density at radius 2 is 1.75 bits per heavy atom. The fraction of sp³-hybridized carbons (Fsp3) is 0.750. The van der Waals surface area contributed by atoms with Gasteiger partial charge in [-0.1, -0.05) is 6.58 Å². The first-order valence-electron chi connectivity index (χ1n) is 3.78. The Kier molecular flexibility index (Phi) is 8.10.